The van der Waals surface area contributed by atoms with Crippen LogP contribution in [-0.4, -0.2) is 43.4 Å². The molecule has 14 heteroatoms. The molecule has 0 amide bonds. The van der Waals surface area contributed by atoms with Crippen molar-refractivity contribution >= 4 is 23.0 Å². The number of hydrogen-bond donors (Lipinski definition) is 2. The van der Waals surface area contributed by atoms with Crippen molar-refractivity contribution in [2.24, 2.45) is 0 Å². The average molecular weight is 634 g/mol. The highest BCUT2D eigenvalue weighted by Crippen LogP contribution is 2.38. The van der Waals surface area contributed by atoms with Gasteiger partial charge in [0.05, 0.1) is 37.6 Å². The second-order valence-corrected chi connectivity index (χ2v) is 10.2. The maximum Gasteiger partial charge on any atom is 0.416 e. The lowest BCUT2D eigenvalue weighted by molar-refractivity contribution is -0.143. The molecule has 5 rings (SSSR count). The Labute approximate surface area is 255 Å². The summed E-state index contributed by atoms with van der Waals surface area (Å²) in [5, 5.41) is 5.91. The molecule has 0 bridgehead atoms. The van der Waals surface area contributed by atoms with Crippen molar-refractivity contribution in [2.45, 2.75) is 25.8 Å². The summed E-state index contributed by atoms with van der Waals surface area (Å²) in [4.78, 5) is 10.9. The monoisotopic (exact) mass is 633 g/mol. The Morgan fingerprint density at radius 3 is 2.16 bits per heavy atom. The molecular formula is C31H29F6N5O3. The second kappa shape index (κ2) is 13.1. The largest absolute Gasteiger partial charge is 0.493 e. The number of benzene rings is 3. The number of rotatable bonds is 9. The van der Waals surface area contributed by atoms with Crippen LogP contribution in [0.25, 0.3) is 0 Å². The van der Waals surface area contributed by atoms with Crippen LogP contribution in [0.5, 0.6) is 17.4 Å². The molecule has 1 aromatic heterocycles. The van der Waals surface area contributed by atoms with E-state index in [0.717, 1.165) is 24.3 Å². The summed E-state index contributed by atoms with van der Waals surface area (Å²) in [6.45, 7) is 4.32. The third-order valence-corrected chi connectivity index (χ3v) is 6.91. The Morgan fingerprint density at radius 2 is 1.53 bits per heavy atom. The number of morpholine rings is 1. The number of alkyl halides is 6. The Morgan fingerprint density at radius 1 is 0.867 bits per heavy atom. The van der Waals surface area contributed by atoms with Gasteiger partial charge in [0.1, 0.15) is 5.69 Å². The highest BCUT2D eigenvalue weighted by Gasteiger charge is 2.36. The summed E-state index contributed by atoms with van der Waals surface area (Å²) in [6.07, 6.45) is -8.61. The average Bonchev–Trinajstić information content (AvgIpc) is 3.01. The smallest absolute Gasteiger partial charge is 0.416 e. The van der Waals surface area contributed by atoms with Crippen LogP contribution in [0.15, 0.2) is 66.9 Å². The van der Waals surface area contributed by atoms with E-state index in [4.69, 9.17) is 14.2 Å². The van der Waals surface area contributed by atoms with Crippen molar-refractivity contribution in [1.29, 1.82) is 0 Å². The lowest BCUT2D eigenvalue weighted by Crippen LogP contribution is -2.36. The first-order valence-electron chi connectivity index (χ1n) is 13.8. The number of anilines is 4. The summed E-state index contributed by atoms with van der Waals surface area (Å²) < 4.78 is 97.2. The Balaban J connectivity index is 1.42. The fraction of sp³-hybridized carbons (Fsp3) is 0.290. The Bertz CT molecular complexity index is 1590. The van der Waals surface area contributed by atoms with E-state index < -0.39 is 30.0 Å². The number of aromatic nitrogens is 2. The van der Waals surface area contributed by atoms with E-state index in [0.29, 0.717) is 36.8 Å². The van der Waals surface area contributed by atoms with Crippen LogP contribution in [0.2, 0.25) is 0 Å². The molecule has 0 aliphatic carbocycles. The van der Waals surface area contributed by atoms with Crippen molar-refractivity contribution < 1.29 is 40.6 Å². The topological polar surface area (TPSA) is 80.8 Å². The molecule has 3 aromatic carbocycles. The van der Waals surface area contributed by atoms with E-state index in [9.17, 15) is 26.3 Å². The van der Waals surface area contributed by atoms with Gasteiger partial charge < -0.3 is 29.7 Å². The molecule has 1 aliphatic rings. The van der Waals surface area contributed by atoms with Gasteiger partial charge in [0.25, 0.3) is 0 Å². The van der Waals surface area contributed by atoms with Crippen LogP contribution >= 0.6 is 0 Å². The quantitative estimate of drug-likeness (QED) is 0.181. The molecule has 4 aromatic rings. The van der Waals surface area contributed by atoms with Crippen LogP contribution in [0.4, 0.5) is 49.4 Å². The first-order chi connectivity index (χ1) is 21.4. The van der Waals surface area contributed by atoms with Gasteiger partial charge in [0, 0.05) is 31.0 Å². The van der Waals surface area contributed by atoms with Gasteiger partial charge in [-0.1, -0.05) is 6.07 Å². The molecule has 0 atom stereocenters. The van der Waals surface area contributed by atoms with Crippen molar-refractivity contribution in [3.05, 3.63) is 89.1 Å². The lowest BCUT2D eigenvalue weighted by Gasteiger charge is -2.28. The van der Waals surface area contributed by atoms with E-state index in [1.807, 2.05) is 31.2 Å². The molecule has 1 aliphatic heterocycles. The Hall–Kier alpha value is -4.72. The molecule has 8 nitrogen and oxygen atoms in total. The summed E-state index contributed by atoms with van der Waals surface area (Å²) in [5.74, 6) is 0.770. The highest BCUT2D eigenvalue weighted by molar-refractivity contribution is 5.62. The van der Waals surface area contributed by atoms with E-state index in [1.165, 1.54) is 13.3 Å². The van der Waals surface area contributed by atoms with E-state index >= 15 is 0 Å². The molecule has 2 N–H and O–H groups in total. The predicted octanol–water partition coefficient (Wildman–Crippen LogP) is 7.82. The summed E-state index contributed by atoms with van der Waals surface area (Å²) in [7, 11) is 1.46. The van der Waals surface area contributed by atoms with Gasteiger partial charge in [-0.2, -0.15) is 31.3 Å². The molecule has 0 saturated carbocycles. The van der Waals surface area contributed by atoms with Gasteiger partial charge in [0.15, 0.2) is 11.5 Å². The van der Waals surface area contributed by atoms with E-state index in [1.54, 1.807) is 18.2 Å². The minimum Gasteiger partial charge on any atom is -0.493 e. The zero-order valence-electron chi connectivity index (χ0n) is 24.2. The van der Waals surface area contributed by atoms with E-state index in [-0.39, 0.29) is 34.9 Å². The number of aryl methyl sites for hydroxylation is 1. The van der Waals surface area contributed by atoms with Gasteiger partial charge in [0.2, 0.25) is 11.8 Å². The normalized spacial score (nSPS) is 13.8. The van der Waals surface area contributed by atoms with Gasteiger partial charge in [-0.15, -0.1) is 0 Å². The summed E-state index contributed by atoms with van der Waals surface area (Å²) >= 11 is 0. The van der Waals surface area contributed by atoms with Crippen LogP contribution in [0.1, 0.15) is 22.3 Å². The number of hydrogen-bond acceptors (Lipinski definition) is 8. The molecule has 1 saturated heterocycles. The SMILES string of the molecule is COc1cc(C)ccc1Oc1nc(Nc2ccc(N3CCOCC3)cc2)ncc1NCc1cc(C(F)(F)F)cc(C(F)(F)F)c1. The molecule has 0 unspecified atom stereocenters. The van der Waals surface area contributed by atoms with Gasteiger partial charge in [-0.3, -0.25) is 0 Å². The van der Waals surface area contributed by atoms with Crippen LogP contribution in [-0.2, 0) is 23.6 Å². The van der Waals surface area contributed by atoms with Crippen molar-refractivity contribution in [3.63, 3.8) is 0 Å². The van der Waals surface area contributed by atoms with Crippen LogP contribution in [0, 0.1) is 6.92 Å². The van der Waals surface area contributed by atoms with Gasteiger partial charge >= 0.3 is 12.4 Å². The fourth-order valence-electron chi connectivity index (χ4n) is 4.61. The highest BCUT2D eigenvalue weighted by atomic mass is 19.4. The number of nitrogens with one attached hydrogen (secondary N) is 2. The van der Waals surface area contributed by atoms with E-state index in [2.05, 4.69) is 25.5 Å². The molecule has 238 valence electrons. The zero-order valence-corrected chi connectivity index (χ0v) is 24.2. The minimum atomic E-state index is -4.97. The summed E-state index contributed by atoms with van der Waals surface area (Å²) in [6, 6.07) is 14.2. The van der Waals surface area contributed by atoms with Gasteiger partial charge in [-0.05, 0) is 72.6 Å². The molecule has 0 spiro atoms. The van der Waals surface area contributed by atoms with Crippen LogP contribution in [0.3, 0.4) is 0 Å². The maximum absolute atomic E-state index is 13.4. The molecular weight excluding hydrogens is 604 g/mol. The Kier molecular flexibility index (Phi) is 9.23. The summed E-state index contributed by atoms with van der Waals surface area (Å²) in [5.41, 5.74) is -0.349. The lowest BCUT2D eigenvalue weighted by atomic mass is 10.0. The van der Waals surface area contributed by atoms with Crippen molar-refractivity contribution in [3.8, 4) is 17.4 Å². The third-order valence-electron chi connectivity index (χ3n) is 6.91. The van der Waals surface area contributed by atoms with Crippen molar-refractivity contribution in [1.82, 2.24) is 9.97 Å². The first kappa shape index (κ1) is 31.7. The maximum atomic E-state index is 13.4. The fourth-order valence-corrected chi connectivity index (χ4v) is 4.61. The van der Waals surface area contributed by atoms with Crippen LogP contribution < -0.4 is 25.0 Å². The second-order valence-electron chi connectivity index (χ2n) is 10.2. The number of halogens is 6. The molecule has 1 fully saturated rings. The number of methoxy groups -OCH3 is 1. The standard InChI is InChI=1S/C31H29F6N5O3/c1-19-3-8-26(27(13-19)43-2)45-28-25(38-17-20-14-21(30(32,33)34)16-22(15-20)31(35,36)37)18-39-29(41-28)40-23-4-6-24(7-5-23)42-9-11-44-12-10-42/h3-8,13-16,18,38H,9-12,17H2,1-2H3,(H,39,40,41). The molecule has 0 radical (unpaired) electrons. The minimum absolute atomic E-state index is 0.0392. The van der Waals surface area contributed by atoms with Gasteiger partial charge in [-0.25, -0.2) is 4.98 Å². The predicted molar refractivity (Wildman–Crippen MR) is 156 cm³/mol. The molecule has 2 heterocycles. The zero-order chi connectivity index (χ0) is 32.2. The van der Waals surface area contributed by atoms with Crippen molar-refractivity contribution in [2.75, 3.05) is 48.9 Å². The number of ether oxygens (including phenoxy) is 3. The molecule has 45 heavy (non-hydrogen) atoms. The first-order valence-corrected chi connectivity index (χ1v) is 13.8. The third kappa shape index (κ3) is 8.06. The number of nitrogens with zero attached hydrogens (tertiary/aromatic N) is 3.